The van der Waals surface area contributed by atoms with Gasteiger partial charge in [0.05, 0.1) is 49.6 Å². The van der Waals surface area contributed by atoms with Gasteiger partial charge in [-0.2, -0.15) is 26.3 Å². The van der Waals surface area contributed by atoms with Crippen molar-refractivity contribution in [1.29, 1.82) is 0 Å². The Labute approximate surface area is 300 Å². The SMILES string of the molecule is COc1ncc(-c2ccc(-c3n[nH]c(=O)o3)cc2C)cc1-c1cnc(N2CC(F)C2)nc1CN1C(=O)O[C@H](c2cc(C(F)(F)F)cc(C(F)(F)F)c2)[C@@H]1C. The van der Waals surface area contributed by atoms with E-state index in [4.69, 9.17) is 13.9 Å². The molecule has 5 heterocycles. The van der Waals surface area contributed by atoms with Crippen LogP contribution in [0.25, 0.3) is 33.7 Å². The number of hydrogen-bond acceptors (Lipinski definition) is 10. The first kappa shape index (κ1) is 36.4. The largest absolute Gasteiger partial charge is 0.481 e. The number of aromatic amines is 1. The van der Waals surface area contributed by atoms with Gasteiger partial charge in [-0.25, -0.2) is 34.0 Å². The molecule has 2 saturated heterocycles. The number of methoxy groups -OCH3 is 1. The number of aryl methyl sites for hydroxylation is 1. The second kappa shape index (κ2) is 13.4. The molecule has 1 N–H and O–H groups in total. The van der Waals surface area contributed by atoms with E-state index >= 15 is 0 Å². The molecule has 0 aliphatic carbocycles. The number of aromatic nitrogens is 5. The van der Waals surface area contributed by atoms with Crippen LogP contribution in [0.5, 0.6) is 5.88 Å². The zero-order valence-corrected chi connectivity index (χ0v) is 28.4. The zero-order chi connectivity index (χ0) is 38.7. The number of anilines is 1. The van der Waals surface area contributed by atoms with E-state index in [-0.39, 0.29) is 49.1 Å². The maximum absolute atomic E-state index is 13.8. The topological polar surface area (TPSA) is 140 Å². The van der Waals surface area contributed by atoms with Gasteiger partial charge < -0.3 is 18.8 Å². The van der Waals surface area contributed by atoms with Crippen molar-refractivity contribution in [2.75, 3.05) is 25.1 Å². The van der Waals surface area contributed by atoms with E-state index in [0.717, 1.165) is 16.0 Å². The van der Waals surface area contributed by atoms with Crippen molar-refractivity contribution < 1.29 is 49.4 Å². The summed E-state index contributed by atoms with van der Waals surface area (Å²) in [6.45, 7) is 2.93. The predicted molar refractivity (Wildman–Crippen MR) is 176 cm³/mol. The number of pyridine rings is 1. The van der Waals surface area contributed by atoms with E-state index < -0.39 is 59.2 Å². The molecule has 12 nitrogen and oxygen atoms in total. The molecule has 2 atom stereocenters. The molecule has 0 spiro atoms. The van der Waals surface area contributed by atoms with Crippen LogP contribution in [0.1, 0.15) is 41.0 Å². The molecular formula is C35H28F7N7O5. The minimum atomic E-state index is -5.11. The summed E-state index contributed by atoms with van der Waals surface area (Å²) in [5, 5.41) is 6.06. The van der Waals surface area contributed by atoms with Crippen molar-refractivity contribution in [3.05, 3.63) is 93.4 Å². The van der Waals surface area contributed by atoms with E-state index in [1.165, 1.54) is 20.2 Å². The van der Waals surface area contributed by atoms with Gasteiger partial charge >= 0.3 is 24.2 Å². The summed E-state index contributed by atoms with van der Waals surface area (Å²) in [6, 6.07) is 6.94. The molecular weight excluding hydrogens is 731 g/mol. The second-order valence-electron chi connectivity index (χ2n) is 12.8. The Kier molecular flexibility index (Phi) is 9.05. The molecule has 0 unspecified atom stereocenters. The number of amides is 1. The predicted octanol–water partition coefficient (Wildman–Crippen LogP) is 7.14. The number of nitrogens with zero attached hydrogens (tertiary/aromatic N) is 6. The zero-order valence-electron chi connectivity index (χ0n) is 28.4. The molecule has 282 valence electrons. The van der Waals surface area contributed by atoms with Gasteiger partial charge in [0.25, 0.3) is 0 Å². The molecule has 2 fully saturated rings. The summed E-state index contributed by atoms with van der Waals surface area (Å²) in [6.07, 6.45) is -10.9. The van der Waals surface area contributed by atoms with E-state index in [0.29, 0.717) is 34.4 Å². The van der Waals surface area contributed by atoms with Gasteiger partial charge in [-0.05, 0) is 66.9 Å². The molecule has 7 rings (SSSR count). The highest BCUT2D eigenvalue weighted by molar-refractivity contribution is 5.79. The average molecular weight is 760 g/mol. The molecule has 19 heteroatoms. The van der Waals surface area contributed by atoms with Gasteiger partial charge in [-0.15, -0.1) is 5.10 Å². The van der Waals surface area contributed by atoms with Gasteiger partial charge in [0.2, 0.25) is 17.7 Å². The van der Waals surface area contributed by atoms with Crippen molar-refractivity contribution in [2.24, 2.45) is 0 Å². The number of alkyl halides is 7. The molecule has 2 aromatic carbocycles. The summed E-state index contributed by atoms with van der Waals surface area (Å²) in [7, 11) is 1.38. The summed E-state index contributed by atoms with van der Waals surface area (Å²) in [5.41, 5.74) is -0.0949. The molecule has 0 radical (unpaired) electrons. The monoisotopic (exact) mass is 759 g/mol. The third kappa shape index (κ3) is 6.92. The number of cyclic esters (lactones) is 1. The Morgan fingerprint density at radius 3 is 2.20 bits per heavy atom. The normalized spacial score (nSPS) is 17.9. The highest BCUT2D eigenvalue weighted by Gasteiger charge is 2.44. The van der Waals surface area contributed by atoms with Crippen LogP contribution in [-0.4, -0.2) is 68.6 Å². The van der Waals surface area contributed by atoms with Crippen LogP contribution in [-0.2, 0) is 23.6 Å². The molecule has 54 heavy (non-hydrogen) atoms. The van der Waals surface area contributed by atoms with Crippen LogP contribution in [0.3, 0.4) is 0 Å². The molecule has 2 aliphatic heterocycles. The maximum Gasteiger partial charge on any atom is 0.434 e. The third-order valence-corrected chi connectivity index (χ3v) is 9.18. The highest BCUT2D eigenvalue weighted by Crippen LogP contribution is 2.42. The van der Waals surface area contributed by atoms with E-state index in [2.05, 4.69) is 25.1 Å². The number of carbonyl (C=O) groups is 1. The number of halogens is 7. The maximum atomic E-state index is 13.8. The fraction of sp³-hybridized carbons (Fsp3) is 0.314. The fourth-order valence-corrected chi connectivity index (χ4v) is 6.39. The molecule has 0 bridgehead atoms. The van der Waals surface area contributed by atoms with Crippen molar-refractivity contribution in [3.63, 3.8) is 0 Å². The minimum absolute atomic E-state index is 0.000980. The summed E-state index contributed by atoms with van der Waals surface area (Å²) >= 11 is 0. The van der Waals surface area contributed by atoms with Crippen LogP contribution < -0.4 is 15.4 Å². The molecule has 2 aliphatic rings. The lowest BCUT2D eigenvalue weighted by molar-refractivity contribution is -0.143. The number of H-pyrrole nitrogens is 1. The molecule has 1 amide bonds. The summed E-state index contributed by atoms with van der Waals surface area (Å²) in [5.74, 6) is -0.351. The number of hydrogen-bond donors (Lipinski definition) is 1. The van der Waals surface area contributed by atoms with Crippen LogP contribution >= 0.6 is 0 Å². The Balaban J connectivity index is 1.27. The molecule has 3 aromatic heterocycles. The smallest absolute Gasteiger partial charge is 0.434 e. The van der Waals surface area contributed by atoms with Gasteiger partial charge in [-0.3, -0.25) is 4.90 Å². The van der Waals surface area contributed by atoms with Crippen LogP contribution in [0, 0.1) is 6.92 Å². The first-order chi connectivity index (χ1) is 25.5. The highest BCUT2D eigenvalue weighted by atomic mass is 19.4. The Morgan fingerprint density at radius 2 is 1.61 bits per heavy atom. The number of rotatable bonds is 8. The fourth-order valence-electron chi connectivity index (χ4n) is 6.39. The van der Waals surface area contributed by atoms with Crippen LogP contribution in [0.2, 0.25) is 0 Å². The van der Waals surface area contributed by atoms with E-state index in [1.54, 1.807) is 35.4 Å². The number of carbonyl (C=O) groups excluding carboxylic acids is 1. The quantitative estimate of drug-likeness (QED) is 0.162. The lowest BCUT2D eigenvalue weighted by atomic mass is 9.96. The van der Waals surface area contributed by atoms with Gasteiger partial charge in [0.15, 0.2) is 0 Å². The van der Waals surface area contributed by atoms with Gasteiger partial charge in [0.1, 0.15) is 12.3 Å². The first-order valence-electron chi connectivity index (χ1n) is 16.2. The standard InChI is InChI=1S/C35H28F7N7O5/c1-16-6-18(29-46-47-32(50)54-29)4-5-24(16)20-9-25(30(52-3)43-11-20)26-12-44-31(48-13-23(36)14-48)45-27(26)15-49-17(2)28(53-33(49)51)19-7-21(34(37,38)39)10-22(8-19)35(40,41)42/h4-12,17,23,28H,13-15H2,1-3H3,(H,47,50)/t17-,28-/m0/s1. The van der Waals surface area contributed by atoms with Crippen LogP contribution in [0.15, 0.2) is 64.1 Å². The summed E-state index contributed by atoms with van der Waals surface area (Å²) in [4.78, 5) is 41.0. The number of nitrogens with one attached hydrogen (secondary N) is 1. The van der Waals surface area contributed by atoms with Crippen molar-refractivity contribution in [2.45, 2.75) is 51.1 Å². The Hall–Kier alpha value is -6.01. The molecule has 5 aromatic rings. The van der Waals surface area contributed by atoms with Crippen molar-refractivity contribution in [1.82, 2.24) is 30.0 Å². The third-order valence-electron chi connectivity index (χ3n) is 9.18. The Morgan fingerprint density at radius 1 is 0.907 bits per heavy atom. The lowest BCUT2D eigenvalue weighted by Gasteiger charge is -2.34. The first-order valence-corrected chi connectivity index (χ1v) is 16.2. The van der Waals surface area contributed by atoms with Crippen LogP contribution in [0.4, 0.5) is 41.5 Å². The molecule has 0 saturated carbocycles. The summed E-state index contributed by atoms with van der Waals surface area (Å²) < 4.78 is 112. The minimum Gasteiger partial charge on any atom is -0.481 e. The van der Waals surface area contributed by atoms with Crippen molar-refractivity contribution >= 4 is 12.0 Å². The van der Waals surface area contributed by atoms with E-state index in [1.807, 2.05) is 6.92 Å². The van der Waals surface area contributed by atoms with Gasteiger partial charge in [0, 0.05) is 34.6 Å². The van der Waals surface area contributed by atoms with Gasteiger partial charge in [-0.1, -0.05) is 6.07 Å². The van der Waals surface area contributed by atoms with Crippen molar-refractivity contribution in [3.8, 4) is 39.6 Å². The van der Waals surface area contributed by atoms with E-state index in [9.17, 15) is 40.3 Å². The lowest BCUT2D eigenvalue weighted by Crippen LogP contribution is -2.49. The Bertz CT molecular complexity index is 2270. The number of ether oxygens (including phenoxy) is 2. The number of benzene rings is 2. The average Bonchev–Trinajstić information content (AvgIpc) is 3.67. The second-order valence-corrected chi connectivity index (χ2v) is 12.8.